The topological polar surface area (TPSA) is 0 Å². The third-order valence-electron chi connectivity index (χ3n) is 1.73. The first-order chi connectivity index (χ1) is 5.88. The normalized spacial score (nSPS) is 11.8. The summed E-state index contributed by atoms with van der Waals surface area (Å²) in [5, 5.41) is 0.808. The smallest absolute Gasteiger partial charge is 0.0409 e. The van der Waals surface area contributed by atoms with E-state index >= 15 is 0 Å². The molecule has 0 N–H and O–H groups in total. The third-order valence-corrected chi connectivity index (χ3v) is 2.74. The van der Waals surface area contributed by atoms with Crippen LogP contribution >= 0.6 is 27.5 Å². The summed E-state index contributed by atoms with van der Waals surface area (Å²) in [6.07, 6.45) is 1.04. The summed E-state index contributed by atoms with van der Waals surface area (Å²) in [6.45, 7) is 6.67. The van der Waals surface area contributed by atoms with E-state index in [9.17, 15) is 0 Å². The van der Waals surface area contributed by atoms with E-state index in [2.05, 4.69) is 36.7 Å². The van der Waals surface area contributed by atoms with Gasteiger partial charge in [-0.25, -0.2) is 0 Å². The molecule has 0 aliphatic carbocycles. The molecule has 2 heteroatoms. The van der Waals surface area contributed by atoms with Crippen molar-refractivity contribution in [2.75, 3.05) is 0 Å². The lowest BCUT2D eigenvalue weighted by Gasteiger charge is -2.19. The zero-order chi connectivity index (χ0) is 10.1. The fourth-order valence-electron chi connectivity index (χ4n) is 1.25. The van der Waals surface area contributed by atoms with Gasteiger partial charge in [-0.15, -0.1) is 0 Å². The molecule has 0 saturated heterocycles. The summed E-state index contributed by atoms with van der Waals surface area (Å²) in [5.41, 5.74) is 1.58. The molecular weight excluding hydrogens is 247 g/mol. The highest BCUT2D eigenvalue weighted by molar-refractivity contribution is 9.10. The van der Waals surface area contributed by atoms with E-state index in [1.54, 1.807) is 0 Å². The quantitative estimate of drug-likeness (QED) is 0.688. The molecule has 0 heterocycles. The van der Waals surface area contributed by atoms with Crippen LogP contribution in [0.2, 0.25) is 5.02 Å². The van der Waals surface area contributed by atoms with Crippen molar-refractivity contribution in [2.24, 2.45) is 5.41 Å². The van der Waals surface area contributed by atoms with Crippen LogP contribution in [0.3, 0.4) is 0 Å². The maximum absolute atomic E-state index is 5.92. The summed E-state index contributed by atoms with van der Waals surface area (Å²) in [7, 11) is 0. The van der Waals surface area contributed by atoms with Crippen molar-refractivity contribution in [1.29, 1.82) is 0 Å². The van der Waals surface area contributed by atoms with E-state index in [1.807, 2.05) is 18.2 Å². The summed E-state index contributed by atoms with van der Waals surface area (Å²) >= 11 is 9.45. The highest BCUT2D eigenvalue weighted by atomic mass is 79.9. The zero-order valence-corrected chi connectivity index (χ0v) is 10.5. The standard InChI is InChI=1S/C11H14BrCl/c1-11(2,3)7-8-6-9(13)4-5-10(8)12/h4-6H,7H2,1-3H3. The average Bonchev–Trinajstić information content (AvgIpc) is 1.94. The number of hydrogen-bond donors (Lipinski definition) is 0. The van der Waals surface area contributed by atoms with Crippen molar-refractivity contribution in [2.45, 2.75) is 27.2 Å². The van der Waals surface area contributed by atoms with E-state index in [0.717, 1.165) is 15.9 Å². The van der Waals surface area contributed by atoms with Crippen LogP contribution in [0.1, 0.15) is 26.3 Å². The van der Waals surface area contributed by atoms with Gasteiger partial charge in [0.2, 0.25) is 0 Å². The van der Waals surface area contributed by atoms with E-state index in [4.69, 9.17) is 11.6 Å². The molecule has 13 heavy (non-hydrogen) atoms. The van der Waals surface area contributed by atoms with Crippen molar-refractivity contribution < 1.29 is 0 Å². The fraction of sp³-hybridized carbons (Fsp3) is 0.455. The Bertz CT molecular complexity index is 299. The summed E-state index contributed by atoms with van der Waals surface area (Å²) < 4.78 is 1.15. The molecule has 0 saturated carbocycles. The third kappa shape index (κ3) is 3.70. The molecule has 1 rings (SSSR count). The second-order valence-electron chi connectivity index (χ2n) is 4.47. The van der Waals surface area contributed by atoms with Gasteiger partial charge in [0.05, 0.1) is 0 Å². The molecular formula is C11H14BrCl. The van der Waals surface area contributed by atoms with Crippen LogP contribution < -0.4 is 0 Å². The molecule has 1 aromatic rings. The number of rotatable bonds is 1. The highest BCUT2D eigenvalue weighted by Crippen LogP contribution is 2.28. The van der Waals surface area contributed by atoms with Crippen molar-refractivity contribution >= 4 is 27.5 Å². The predicted octanol–water partition coefficient (Wildman–Crippen LogP) is 4.69. The van der Waals surface area contributed by atoms with Crippen LogP contribution in [0.4, 0.5) is 0 Å². The van der Waals surface area contributed by atoms with Gasteiger partial charge < -0.3 is 0 Å². The molecule has 0 aromatic heterocycles. The summed E-state index contributed by atoms with van der Waals surface area (Å²) in [4.78, 5) is 0. The lowest BCUT2D eigenvalue weighted by Crippen LogP contribution is -2.09. The Morgan fingerprint density at radius 2 is 1.92 bits per heavy atom. The van der Waals surface area contributed by atoms with Crippen LogP contribution in [-0.2, 0) is 6.42 Å². The maximum atomic E-state index is 5.92. The zero-order valence-electron chi connectivity index (χ0n) is 8.20. The minimum absolute atomic E-state index is 0.299. The molecule has 0 atom stereocenters. The SMILES string of the molecule is CC(C)(C)Cc1cc(Cl)ccc1Br. The highest BCUT2D eigenvalue weighted by Gasteiger charge is 2.13. The first-order valence-electron chi connectivity index (χ1n) is 4.32. The van der Waals surface area contributed by atoms with Gasteiger partial charge in [0.15, 0.2) is 0 Å². The minimum Gasteiger partial charge on any atom is -0.0843 e. The molecule has 1 aromatic carbocycles. The first-order valence-corrected chi connectivity index (χ1v) is 5.49. The predicted molar refractivity (Wildman–Crippen MR) is 62.3 cm³/mol. The molecule has 0 unspecified atom stereocenters. The van der Waals surface area contributed by atoms with Crippen molar-refractivity contribution in [1.82, 2.24) is 0 Å². The van der Waals surface area contributed by atoms with Gasteiger partial charge in [-0.05, 0) is 35.6 Å². The Morgan fingerprint density at radius 1 is 1.31 bits per heavy atom. The molecule has 0 aliphatic heterocycles. The monoisotopic (exact) mass is 260 g/mol. The molecule has 0 radical (unpaired) electrons. The molecule has 0 amide bonds. The Hall–Kier alpha value is -0.0100. The second-order valence-corrected chi connectivity index (χ2v) is 5.76. The largest absolute Gasteiger partial charge is 0.0843 e. The van der Waals surface area contributed by atoms with Gasteiger partial charge in [-0.2, -0.15) is 0 Å². The van der Waals surface area contributed by atoms with Crippen LogP contribution in [0, 0.1) is 5.41 Å². The van der Waals surface area contributed by atoms with E-state index < -0.39 is 0 Å². The van der Waals surface area contributed by atoms with Gasteiger partial charge in [-0.1, -0.05) is 48.3 Å². The molecule has 0 fully saturated rings. The Labute approximate surface area is 93.4 Å². The van der Waals surface area contributed by atoms with E-state index in [0.29, 0.717) is 5.41 Å². The van der Waals surface area contributed by atoms with Crippen molar-refractivity contribution in [3.05, 3.63) is 33.3 Å². The number of halogens is 2. The van der Waals surface area contributed by atoms with Crippen molar-refractivity contribution in [3.63, 3.8) is 0 Å². The van der Waals surface area contributed by atoms with Crippen LogP contribution in [0.15, 0.2) is 22.7 Å². The average molecular weight is 262 g/mol. The van der Waals surface area contributed by atoms with E-state index in [-0.39, 0.29) is 0 Å². The van der Waals surface area contributed by atoms with Crippen LogP contribution in [0.5, 0.6) is 0 Å². The van der Waals surface area contributed by atoms with Crippen molar-refractivity contribution in [3.8, 4) is 0 Å². The lowest BCUT2D eigenvalue weighted by atomic mass is 9.88. The van der Waals surface area contributed by atoms with E-state index in [1.165, 1.54) is 5.56 Å². The fourth-order valence-corrected chi connectivity index (χ4v) is 1.83. The Balaban J connectivity index is 2.94. The minimum atomic E-state index is 0.299. The van der Waals surface area contributed by atoms with Crippen LogP contribution in [0.25, 0.3) is 0 Å². The first kappa shape index (κ1) is 11.1. The van der Waals surface area contributed by atoms with Gasteiger partial charge in [0.25, 0.3) is 0 Å². The lowest BCUT2D eigenvalue weighted by molar-refractivity contribution is 0.410. The van der Waals surface area contributed by atoms with Crippen LogP contribution in [-0.4, -0.2) is 0 Å². The summed E-state index contributed by atoms with van der Waals surface area (Å²) in [6, 6.07) is 5.93. The van der Waals surface area contributed by atoms with Gasteiger partial charge in [-0.3, -0.25) is 0 Å². The summed E-state index contributed by atoms with van der Waals surface area (Å²) in [5.74, 6) is 0. The Kier molecular flexibility index (Phi) is 3.42. The molecule has 0 aliphatic rings. The molecule has 0 bridgehead atoms. The van der Waals surface area contributed by atoms with Gasteiger partial charge in [0.1, 0.15) is 0 Å². The molecule has 0 spiro atoms. The molecule has 72 valence electrons. The molecule has 0 nitrogen and oxygen atoms in total. The maximum Gasteiger partial charge on any atom is 0.0409 e. The Morgan fingerprint density at radius 3 is 2.46 bits per heavy atom. The van der Waals surface area contributed by atoms with Gasteiger partial charge >= 0.3 is 0 Å². The second kappa shape index (κ2) is 4.02. The number of benzene rings is 1. The number of hydrogen-bond acceptors (Lipinski definition) is 0. The van der Waals surface area contributed by atoms with Gasteiger partial charge in [0, 0.05) is 9.50 Å².